The lowest BCUT2D eigenvalue weighted by atomic mass is 9.88. The van der Waals surface area contributed by atoms with E-state index >= 15 is 0 Å². The van der Waals surface area contributed by atoms with Crippen molar-refractivity contribution in [1.29, 1.82) is 0 Å². The molecule has 0 spiro atoms. The van der Waals surface area contributed by atoms with E-state index in [0.29, 0.717) is 24.0 Å². The van der Waals surface area contributed by atoms with E-state index in [9.17, 15) is 31.5 Å². The number of nitrogens with two attached hydrogens (primary N) is 1. The van der Waals surface area contributed by atoms with Crippen molar-refractivity contribution in [3.63, 3.8) is 0 Å². The fourth-order valence-corrected chi connectivity index (χ4v) is 5.30. The maximum Gasteiger partial charge on any atom is 0.573 e. The Labute approximate surface area is 245 Å². The molecule has 0 saturated carbocycles. The number of nitrogens with zero attached hydrogens (tertiary/aromatic N) is 2. The molecule has 4 rings (SSSR count). The van der Waals surface area contributed by atoms with Crippen molar-refractivity contribution in [1.82, 2.24) is 14.8 Å². The summed E-state index contributed by atoms with van der Waals surface area (Å²) in [5, 5.41) is 2.49. The number of halogens is 5. The van der Waals surface area contributed by atoms with Crippen LogP contribution in [0.5, 0.6) is 5.75 Å². The molecular formula is C30H35F5N4O4. The molecule has 234 valence electrons. The lowest BCUT2D eigenvalue weighted by Gasteiger charge is -2.32. The summed E-state index contributed by atoms with van der Waals surface area (Å²) in [7, 11) is 1.42. The van der Waals surface area contributed by atoms with Crippen molar-refractivity contribution in [2.24, 2.45) is 11.7 Å². The molecule has 3 N–H and O–H groups in total. The number of likely N-dealkylation sites (tertiary alicyclic amines) is 1. The number of nitrogens with one attached hydrogen (secondary N) is 1. The minimum atomic E-state index is -5.06. The largest absolute Gasteiger partial charge is 0.573 e. The van der Waals surface area contributed by atoms with E-state index in [1.165, 1.54) is 28.8 Å². The maximum atomic E-state index is 14.9. The van der Waals surface area contributed by atoms with Crippen molar-refractivity contribution in [3.8, 4) is 5.75 Å². The van der Waals surface area contributed by atoms with Gasteiger partial charge in [0.1, 0.15) is 17.4 Å². The Hall–Kier alpha value is -3.71. The zero-order chi connectivity index (χ0) is 31.5. The van der Waals surface area contributed by atoms with Gasteiger partial charge >= 0.3 is 6.36 Å². The minimum absolute atomic E-state index is 0.0404. The average molecular weight is 611 g/mol. The molecule has 3 aromatic rings. The zero-order valence-electron chi connectivity index (χ0n) is 24.1. The van der Waals surface area contributed by atoms with E-state index < -0.39 is 35.7 Å². The number of hydrogen-bond acceptors (Lipinski definition) is 5. The van der Waals surface area contributed by atoms with Gasteiger partial charge in [-0.05, 0) is 54.0 Å². The lowest BCUT2D eigenvalue weighted by Crippen LogP contribution is -2.43. The molecule has 43 heavy (non-hydrogen) atoms. The molecule has 1 fully saturated rings. The number of rotatable bonds is 10. The van der Waals surface area contributed by atoms with Crippen molar-refractivity contribution in [3.05, 3.63) is 64.9 Å². The van der Waals surface area contributed by atoms with Gasteiger partial charge in [-0.25, -0.2) is 8.78 Å². The number of carbonyl (C=O) groups excluding carboxylic acids is 2. The number of amides is 2. The first-order valence-electron chi connectivity index (χ1n) is 14.0. The molecule has 2 aromatic carbocycles. The molecular weight excluding hydrogens is 575 g/mol. The Bertz CT molecular complexity index is 1460. The molecule has 2 heterocycles. The monoisotopic (exact) mass is 610 g/mol. The quantitative estimate of drug-likeness (QED) is 0.312. The van der Waals surface area contributed by atoms with Gasteiger partial charge in [0.25, 0.3) is 5.91 Å². The van der Waals surface area contributed by atoms with E-state index in [-0.39, 0.29) is 67.0 Å². The van der Waals surface area contributed by atoms with Gasteiger partial charge < -0.3 is 30.0 Å². The van der Waals surface area contributed by atoms with Gasteiger partial charge in [0.2, 0.25) is 5.91 Å². The molecule has 0 aliphatic carbocycles. The van der Waals surface area contributed by atoms with Crippen LogP contribution in [0.2, 0.25) is 0 Å². The van der Waals surface area contributed by atoms with Crippen molar-refractivity contribution >= 4 is 22.7 Å². The number of hydrogen-bond donors (Lipinski definition) is 2. The predicted molar refractivity (Wildman–Crippen MR) is 149 cm³/mol. The SMILES string of the molecule is COCCn1cc(C(=O)N2CCC(c3cc(CNC(=O)[C@@H](N)C(C)C)ccc3F)CC2)c2c(OC(F)(F)F)ccc(F)c21. The summed E-state index contributed by atoms with van der Waals surface area (Å²) in [5.41, 5.74) is 6.70. The number of fused-ring (bicyclic) bond motifs is 1. The summed E-state index contributed by atoms with van der Waals surface area (Å²) >= 11 is 0. The number of piperidine rings is 1. The van der Waals surface area contributed by atoms with Crippen LogP contribution in [0, 0.1) is 17.6 Å². The summed E-state index contributed by atoms with van der Waals surface area (Å²) in [6, 6.07) is 5.65. The molecule has 13 heteroatoms. The number of carbonyl (C=O) groups is 2. The Morgan fingerprint density at radius 3 is 2.40 bits per heavy atom. The summed E-state index contributed by atoms with van der Waals surface area (Å²) in [4.78, 5) is 27.3. The molecule has 1 saturated heterocycles. The highest BCUT2D eigenvalue weighted by atomic mass is 19.4. The second-order valence-corrected chi connectivity index (χ2v) is 11.0. The molecule has 1 aliphatic heterocycles. The molecule has 0 radical (unpaired) electrons. The molecule has 1 aromatic heterocycles. The van der Waals surface area contributed by atoms with E-state index in [1.54, 1.807) is 12.1 Å². The number of ether oxygens (including phenoxy) is 2. The van der Waals surface area contributed by atoms with E-state index in [4.69, 9.17) is 10.5 Å². The molecule has 0 bridgehead atoms. The van der Waals surface area contributed by atoms with Crippen LogP contribution in [0.1, 0.15) is 54.1 Å². The Morgan fingerprint density at radius 2 is 1.77 bits per heavy atom. The standard InChI is InChI=1S/C30H35F5N4O4/c1-17(2)26(36)28(40)37-15-18-4-5-22(31)20(14-18)19-8-10-38(11-9-19)29(41)21-16-39(12-13-42-3)27-23(32)6-7-24(25(21)27)43-30(33,34)35/h4-7,14,16-17,19,26H,8-13,15,36H2,1-3H3,(H,37,40)/t26-/m0/s1. The topological polar surface area (TPSA) is 98.8 Å². The summed E-state index contributed by atoms with van der Waals surface area (Å²) in [5.74, 6) is -3.07. The summed E-state index contributed by atoms with van der Waals surface area (Å²) in [6.07, 6.45) is -2.97. The Morgan fingerprint density at radius 1 is 1.09 bits per heavy atom. The zero-order valence-corrected chi connectivity index (χ0v) is 24.1. The Kier molecular flexibility index (Phi) is 9.96. The van der Waals surface area contributed by atoms with Crippen LogP contribution >= 0.6 is 0 Å². The Balaban J connectivity index is 1.53. The van der Waals surface area contributed by atoms with Crippen molar-refractivity contribution < 1.29 is 41.0 Å². The second-order valence-electron chi connectivity index (χ2n) is 11.0. The maximum absolute atomic E-state index is 14.9. The van der Waals surface area contributed by atoms with Crippen molar-refractivity contribution in [2.75, 3.05) is 26.8 Å². The smallest absolute Gasteiger partial charge is 0.405 e. The van der Waals surface area contributed by atoms with Crippen LogP contribution in [0.25, 0.3) is 10.9 Å². The van der Waals surface area contributed by atoms with Gasteiger partial charge in [-0.2, -0.15) is 0 Å². The fourth-order valence-electron chi connectivity index (χ4n) is 5.30. The fraction of sp³-hybridized carbons (Fsp3) is 0.467. The molecule has 8 nitrogen and oxygen atoms in total. The third-order valence-electron chi connectivity index (χ3n) is 7.69. The van der Waals surface area contributed by atoms with Crippen LogP contribution < -0.4 is 15.8 Å². The van der Waals surface area contributed by atoms with Crippen LogP contribution in [0.15, 0.2) is 36.5 Å². The van der Waals surface area contributed by atoms with Gasteiger partial charge in [0.15, 0.2) is 0 Å². The molecule has 2 amide bonds. The lowest BCUT2D eigenvalue weighted by molar-refractivity contribution is -0.274. The number of benzene rings is 2. The first kappa shape index (κ1) is 32.2. The van der Waals surface area contributed by atoms with Crippen LogP contribution in [0.3, 0.4) is 0 Å². The highest BCUT2D eigenvalue weighted by Gasteiger charge is 2.35. The van der Waals surface area contributed by atoms with E-state index in [0.717, 1.165) is 12.1 Å². The highest BCUT2D eigenvalue weighted by Crippen LogP contribution is 2.38. The summed E-state index contributed by atoms with van der Waals surface area (Å²) in [6.45, 7) is 4.47. The molecule has 0 unspecified atom stereocenters. The number of aromatic nitrogens is 1. The average Bonchev–Trinajstić information content (AvgIpc) is 3.36. The van der Waals surface area contributed by atoms with Crippen LogP contribution in [-0.2, 0) is 22.6 Å². The van der Waals surface area contributed by atoms with Gasteiger partial charge in [0, 0.05) is 39.5 Å². The second kappa shape index (κ2) is 13.3. The number of methoxy groups -OCH3 is 1. The van der Waals surface area contributed by atoms with E-state index in [2.05, 4.69) is 10.1 Å². The molecule has 1 atom stereocenters. The number of alkyl halides is 3. The van der Waals surface area contributed by atoms with Gasteiger partial charge in [-0.3, -0.25) is 9.59 Å². The van der Waals surface area contributed by atoms with Gasteiger partial charge in [-0.1, -0.05) is 26.0 Å². The first-order chi connectivity index (χ1) is 20.3. The van der Waals surface area contributed by atoms with Crippen molar-refractivity contribution in [2.45, 2.75) is 58.1 Å². The third kappa shape index (κ3) is 7.45. The minimum Gasteiger partial charge on any atom is -0.405 e. The first-order valence-corrected chi connectivity index (χ1v) is 14.0. The summed E-state index contributed by atoms with van der Waals surface area (Å²) < 4.78 is 79.9. The predicted octanol–water partition coefficient (Wildman–Crippen LogP) is 5.08. The normalized spacial score (nSPS) is 15.3. The molecule has 1 aliphatic rings. The van der Waals surface area contributed by atoms with Crippen LogP contribution in [-0.4, -0.2) is 60.5 Å². The highest BCUT2D eigenvalue weighted by molar-refractivity contribution is 6.09. The van der Waals surface area contributed by atoms with Gasteiger partial charge in [0.05, 0.1) is 29.1 Å². The van der Waals surface area contributed by atoms with Crippen LogP contribution in [0.4, 0.5) is 22.0 Å². The van der Waals surface area contributed by atoms with Gasteiger partial charge in [-0.15, -0.1) is 13.2 Å². The van der Waals surface area contributed by atoms with E-state index in [1.807, 2.05) is 13.8 Å². The third-order valence-corrected chi connectivity index (χ3v) is 7.69.